The topological polar surface area (TPSA) is 202 Å². The van der Waals surface area contributed by atoms with Crippen LogP contribution in [0.5, 0.6) is 0 Å². The number of nitrogens with two attached hydrogens (primary N) is 1. The number of halogens is 1. The maximum Gasteiger partial charge on any atom is 0.407 e. The Morgan fingerprint density at radius 2 is 1.98 bits per heavy atom. The minimum atomic E-state index is -3.99. The third kappa shape index (κ3) is 9.42. The van der Waals surface area contributed by atoms with Crippen molar-refractivity contribution in [2.24, 2.45) is 5.41 Å². The van der Waals surface area contributed by atoms with Gasteiger partial charge in [0, 0.05) is 24.3 Å². The molecule has 18 heteroatoms. The summed E-state index contributed by atoms with van der Waals surface area (Å²) >= 11 is 7.83. The highest BCUT2D eigenvalue weighted by Gasteiger charge is 2.54. The molecule has 5 atom stereocenters. The van der Waals surface area contributed by atoms with E-state index in [1.165, 1.54) is 12.7 Å². The number of rotatable bonds is 16. The van der Waals surface area contributed by atoms with Gasteiger partial charge >= 0.3 is 13.8 Å². The molecule has 1 aliphatic rings. The summed E-state index contributed by atoms with van der Waals surface area (Å²) in [5.41, 5.74) is 6.74. The highest BCUT2D eigenvalue weighted by atomic mass is 35.5. The molecular weight excluding hydrogens is 673 g/mol. The number of alkyl halides is 1. The van der Waals surface area contributed by atoms with E-state index in [2.05, 4.69) is 25.4 Å². The molecule has 1 saturated heterocycles. The molecule has 1 aliphatic heterocycles. The molecule has 15 nitrogen and oxygen atoms in total. The summed E-state index contributed by atoms with van der Waals surface area (Å²) in [5.74, 6) is 0.372. The number of benzene rings is 1. The second kappa shape index (κ2) is 16.1. The fraction of sp³-hybridized carbons (Fsp3) is 0.552. The zero-order valence-electron chi connectivity index (χ0n) is 26.6. The second-order valence-electron chi connectivity index (χ2n) is 11.6. The van der Waals surface area contributed by atoms with Crippen molar-refractivity contribution >= 4 is 59.3 Å². The average molecular weight is 714 g/mol. The summed E-state index contributed by atoms with van der Waals surface area (Å²) in [6.07, 6.45) is -0.580. The van der Waals surface area contributed by atoms with Crippen LogP contribution < -0.4 is 16.1 Å². The van der Waals surface area contributed by atoms with Gasteiger partial charge in [-0.25, -0.2) is 29.4 Å². The molecule has 0 saturated carbocycles. The van der Waals surface area contributed by atoms with Crippen LogP contribution in [-0.4, -0.2) is 85.0 Å². The van der Waals surface area contributed by atoms with E-state index < -0.39 is 42.6 Å². The van der Waals surface area contributed by atoms with Gasteiger partial charge in [0.05, 0.1) is 26.1 Å². The first-order valence-corrected chi connectivity index (χ1v) is 17.9. The van der Waals surface area contributed by atoms with Crippen molar-refractivity contribution in [2.75, 3.05) is 37.9 Å². The zero-order chi connectivity index (χ0) is 34.2. The number of thioether (sulfide) groups is 1. The van der Waals surface area contributed by atoms with Crippen molar-refractivity contribution in [1.82, 2.24) is 29.9 Å². The molecule has 1 fully saturated rings. The highest BCUT2D eigenvalue weighted by Crippen LogP contribution is 2.48. The van der Waals surface area contributed by atoms with E-state index in [0.29, 0.717) is 17.6 Å². The van der Waals surface area contributed by atoms with Crippen LogP contribution in [0.15, 0.2) is 43.0 Å². The van der Waals surface area contributed by atoms with Crippen molar-refractivity contribution < 1.29 is 37.8 Å². The Balaban J connectivity index is 1.37. The number of amides is 1. The largest absolute Gasteiger partial charge is 0.450 e. The Labute approximate surface area is 282 Å². The lowest BCUT2D eigenvalue weighted by Gasteiger charge is -2.26. The van der Waals surface area contributed by atoms with Gasteiger partial charge in [0.2, 0.25) is 0 Å². The lowest BCUT2D eigenvalue weighted by Crippen LogP contribution is -2.40. The van der Waals surface area contributed by atoms with Gasteiger partial charge < -0.3 is 25.6 Å². The number of imidazole rings is 1. The van der Waals surface area contributed by atoms with E-state index in [1.54, 1.807) is 32.3 Å². The molecule has 0 bridgehead atoms. The Kier molecular flexibility index (Phi) is 12.6. The fourth-order valence-corrected chi connectivity index (χ4v) is 7.30. The van der Waals surface area contributed by atoms with Crippen molar-refractivity contribution in [3.63, 3.8) is 0 Å². The molecule has 2 aromatic heterocycles. The molecule has 0 unspecified atom stereocenters. The number of alkyl carbamates (subject to hydrolysis) is 1. The number of ether oxygens (including phenoxy) is 2. The van der Waals surface area contributed by atoms with Crippen molar-refractivity contribution in [2.45, 2.75) is 64.0 Å². The van der Waals surface area contributed by atoms with Gasteiger partial charge in [-0.05, 0) is 25.8 Å². The van der Waals surface area contributed by atoms with Gasteiger partial charge in [-0.1, -0.05) is 55.9 Å². The number of fused-ring (bicyclic) bond motifs is 1. The van der Waals surface area contributed by atoms with Crippen LogP contribution in [-0.2, 0) is 34.4 Å². The van der Waals surface area contributed by atoms with Crippen LogP contribution in [0.1, 0.15) is 45.9 Å². The Morgan fingerprint density at radius 3 is 2.70 bits per heavy atom. The number of aliphatic hydroxyl groups is 1. The number of carbonyl (C=O) groups excluding carboxylic acids is 2. The van der Waals surface area contributed by atoms with Gasteiger partial charge in [-0.3, -0.25) is 18.4 Å². The lowest BCUT2D eigenvalue weighted by molar-refractivity contribution is -0.118. The molecule has 0 radical (unpaired) electrons. The number of carbonyl (C=O) groups is 2. The number of aromatic nitrogens is 4. The number of nitrogens with zero attached hydrogens (tertiary/aromatic N) is 4. The van der Waals surface area contributed by atoms with Crippen LogP contribution in [0, 0.1) is 5.41 Å². The smallest absolute Gasteiger partial charge is 0.407 e. The molecule has 0 aliphatic carbocycles. The van der Waals surface area contributed by atoms with E-state index >= 15 is 0 Å². The molecule has 1 amide bonds. The van der Waals surface area contributed by atoms with Gasteiger partial charge in [0.15, 0.2) is 22.8 Å². The van der Waals surface area contributed by atoms with Gasteiger partial charge in [0.25, 0.3) is 0 Å². The quantitative estimate of drug-likeness (QED) is 0.0942. The Morgan fingerprint density at radius 1 is 1.23 bits per heavy atom. The minimum absolute atomic E-state index is 0.0846. The minimum Gasteiger partial charge on any atom is -0.450 e. The first-order chi connectivity index (χ1) is 22.3. The Hall–Kier alpha value is -2.82. The van der Waals surface area contributed by atoms with Crippen molar-refractivity contribution in [3.05, 3.63) is 48.5 Å². The predicted molar refractivity (Wildman–Crippen MR) is 178 cm³/mol. The first kappa shape index (κ1) is 37.0. The standard InChI is InChI=1S/C29H41ClN7O8PS/c1-5-42-27(40)32-12-11-28(2,3)26(39)47-14-13-43-46(41,36-15-19-9-7-6-8-10-19)44-16-20-22(38)29(4,30)25(45-20)37-18-35-21-23(31)33-17-34-24(21)37/h6-10,17-18,20,22,25,38H,5,11-16H2,1-4H3,(H,32,40)(H,36,41)(H2,31,33,34)/t20-,22-,25-,29-,46-/m1/s1. The third-order valence-electron chi connectivity index (χ3n) is 7.51. The van der Waals surface area contributed by atoms with Gasteiger partial charge in [-0.15, -0.1) is 11.6 Å². The van der Waals surface area contributed by atoms with Crippen LogP contribution in [0.4, 0.5) is 10.6 Å². The monoisotopic (exact) mass is 713 g/mol. The molecule has 47 heavy (non-hydrogen) atoms. The summed E-state index contributed by atoms with van der Waals surface area (Å²) in [5, 5.41) is 16.5. The van der Waals surface area contributed by atoms with Crippen LogP contribution in [0.3, 0.4) is 0 Å². The summed E-state index contributed by atoms with van der Waals surface area (Å²) in [6.45, 7) is 7.15. The number of aliphatic hydroxyl groups excluding tert-OH is 1. The molecule has 1 aromatic carbocycles. The van der Waals surface area contributed by atoms with Crippen molar-refractivity contribution in [3.8, 4) is 0 Å². The number of anilines is 1. The number of nitrogens with one attached hydrogen (secondary N) is 2. The van der Waals surface area contributed by atoms with Gasteiger partial charge in [-0.2, -0.15) is 0 Å². The lowest BCUT2D eigenvalue weighted by atomic mass is 9.91. The van der Waals surface area contributed by atoms with E-state index in [-0.39, 0.29) is 49.6 Å². The molecular formula is C29H41ClN7O8PS. The highest BCUT2D eigenvalue weighted by molar-refractivity contribution is 8.13. The number of hydrogen-bond donors (Lipinski definition) is 4. The second-order valence-corrected chi connectivity index (χ2v) is 15.3. The van der Waals surface area contributed by atoms with Crippen LogP contribution >= 0.6 is 31.1 Å². The van der Waals surface area contributed by atoms with E-state index in [1.807, 2.05) is 30.3 Å². The number of hydrogen-bond acceptors (Lipinski definition) is 13. The normalized spacial score (nSPS) is 22.6. The Bertz CT molecular complexity index is 1560. The molecule has 258 valence electrons. The number of nitrogen functional groups attached to an aromatic ring is 1. The molecule has 4 rings (SSSR count). The third-order valence-corrected chi connectivity index (χ3v) is 10.7. The van der Waals surface area contributed by atoms with E-state index in [0.717, 1.165) is 17.3 Å². The molecule has 3 aromatic rings. The van der Waals surface area contributed by atoms with Crippen LogP contribution in [0.25, 0.3) is 11.2 Å². The first-order valence-electron chi connectivity index (χ1n) is 15.0. The van der Waals surface area contributed by atoms with Gasteiger partial charge in [0.1, 0.15) is 28.9 Å². The summed E-state index contributed by atoms with van der Waals surface area (Å²) in [4.78, 5) is 35.5. The zero-order valence-corrected chi connectivity index (χ0v) is 29.1. The fourth-order valence-electron chi connectivity index (χ4n) is 4.72. The maximum atomic E-state index is 13.9. The molecule has 3 heterocycles. The summed E-state index contributed by atoms with van der Waals surface area (Å²) in [7, 11) is -3.99. The van der Waals surface area contributed by atoms with E-state index in [4.69, 9.17) is 35.9 Å². The van der Waals surface area contributed by atoms with E-state index in [9.17, 15) is 19.3 Å². The summed E-state index contributed by atoms with van der Waals surface area (Å²) in [6, 6.07) is 9.26. The summed E-state index contributed by atoms with van der Waals surface area (Å²) < 4.78 is 38.0. The SMILES string of the molecule is CCOC(=O)NCCC(C)(C)C(=O)SCCO[P@](=O)(NCc1ccccc1)OC[C@H]1O[C@@H](n2cnc3c(N)ncnc32)[C@](C)(Cl)[C@@H]1O. The predicted octanol–water partition coefficient (Wildman–Crippen LogP) is 4.02. The maximum absolute atomic E-state index is 13.9. The average Bonchev–Trinajstić information content (AvgIpc) is 3.56. The van der Waals surface area contributed by atoms with Crippen LogP contribution in [0.2, 0.25) is 0 Å². The molecule has 0 spiro atoms. The molecule has 5 N–H and O–H groups in total. The van der Waals surface area contributed by atoms with Crippen molar-refractivity contribution in [1.29, 1.82) is 0 Å².